The molecule has 3 N–H and O–H groups in total. The zero-order chi connectivity index (χ0) is 24.2. The maximum Gasteiger partial charge on any atom is 0.0894 e. The number of nitrogens with two attached hydrogens (primary N) is 1. The van der Waals surface area contributed by atoms with Crippen LogP contribution in [0, 0.1) is 0 Å². The molecule has 0 saturated carbocycles. The van der Waals surface area contributed by atoms with Crippen LogP contribution < -0.4 is 5.73 Å². The Balaban J connectivity index is 3.37. The van der Waals surface area contributed by atoms with Crippen LogP contribution in [0.25, 0.3) is 0 Å². The largest absolute Gasteiger partial charge is 0.387 e. The second-order valence-corrected chi connectivity index (χ2v) is 10.2. The van der Waals surface area contributed by atoms with Crippen molar-refractivity contribution in [2.24, 2.45) is 5.73 Å². The Morgan fingerprint density at radius 2 is 1.00 bits per heavy atom. The van der Waals surface area contributed by atoms with Crippen LogP contribution in [0.15, 0.2) is 12.2 Å². The van der Waals surface area contributed by atoms with Gasteiger partial charge in [0.25, 0.3) is 0 Å². The molecule has 0 fully saturated rings. The molecule has 2 atom stereocenters. The summed E-state index contributed by atoms with van der Waals surface area (Å²) in [6.07, 6.45) is 32.8. The summed E-state index contributed by atoms with van der Waals surface area (Å²) >= 11 is 0. The fourth-order valence-corrected chi connectivity index (χ4v) is 4.31. The van der Waals surface area contributed by atoms with Crippen molar-refractivity contribution < 1.29 is 9.84 Å². The Morgan fingerprint density at radius 1 is 0.606 bits per heavy atom. The summed E-state index contributed by atoms with van der Waals surface area (Å²) in [6.45, 7) is 5.76. The molecule has 2 unspecified atom stereocenters. The van der Waals surface area contributed by atoms with Gasteiger partial charge in [0.15, 0.2) is 0 Å². The van der Waals surface area contributed by atoms with E-state index in [-0.39, 0.29) is 6.04 Å². The summed E-state index contributed by atoms with van der Waals surface area (Å²) in [4.78, 5) is 0. The standard InChI is InChI=1S/C30H61NO2/c1-3-5-7-9-11-13-15-16-17-18-20-22-24-26-30(32)29(31)28-33-27-25-23-21-19-14-12-10-8-6-4-2/h24,26,29-30,32H,3-23,25,27-28,31H2,1-2H3/b26-24+. The third-order valence-electron chi connectivity index (χ3n) is 6.70. The van der Waals surface area contributed by atoms with Crippen LogP contribution in [-0.4, -0.2) is 30.5 Å². The zero-order valence-corrected chi connectivity index (χ0v) is 22.7. The Bertz CT molecular complexity index is 385. The van der Waals surface area contributed by atoms with Crippen LogP contribution in [0.2, 0.25) is 0 Å². The van der Waals surface area contributed by atoms with E-state index in [1.54, 1.807) is 0 Å². The number of allylic oxidation sites excluding steroid dienone is 1. The molecule has 0 heterocycles. The summed E-state index contributed by atoms with van der Waals surface area (Å²) in [6, 6.07) is -0.318. The van der Waals surface area contributed by atoms with E-state index in [9.17, 15) is 5.11 Å². The monoisotopic (exact) mass is 467 g/mol. The van der Waals surface area contributed by atoms with Gasteiger partial charge in [-0.15, -0.1) is 0 Å². The van der Waals surface area contributed by atoms with Crippen molar-refractivity contribution in [2.75, 3.05) is 13.2 Å². The topological polar surface area (TPSA) is 55.5 Å². The van der Waals surface area contributed by atoms with Crippen molar-refractivity contribution in [3.05, 3.63) is 12.2 Å². The third-order valence-corrected chi connectivity index (χ3v) is 6.70. The molecule has 0 bridgehead atoms. The molecule has 0 saturated heterocycles. The summed E-state index contributed by atoms with van der Waals surface area (Å²) in [5.41, 5.74) is 6.07. The molecule has 0 aromatic carbocycles. The van der Waals surface area contributed by atoms with Crippen molar-refractivity contribution in [3.8, 4) is 0 Å². The molecule has 0 aromatic heterocycles. The van der Waals surface area contributed by atoms with Gasteiger partial charge in [0, 0.05) is 6.61 Å². The van der Waals surface area contributed by atoms with Gasteiger partial charge in [0.2, 0.25) is 0 Å². The van der Waals surface area contributed by atoms with Crippen molar-refractivity contribution >= 4 is 0 Å². The molecule has 198 valence electrons. The molecule has 33 heavy (non-hydrogen) atoms. The van der Waals surface area contributed by atoms with Gasteiger partial charge in [0.05, 0.1) is 18.8 Å². The van der Waals surface area contributed by atoms with Gasteiger partial charge in [-0.3, -0.25) is 0 Å². The lowest BCUT2D eigenvalue weighted by Gasteiger charge is -2.15. The Labute approximate surface area is 208 Å². The van der Waals surface area contributed by atoms with Gasteiger partial charge in [-0.2, -0.15) is 0 Å². The lowest BCUT2D eigenvalue weighted by molar-refractivity contribution is 0.0783. The van der Waals surface area contributed by atoms with Crippen LogP contribution in [-0.2, 0) is 4.74 Å². The Morgan fingerprint density at radius 3 is 1.45 bits per heavy atom. The lowest BCUT2D eigenvalue weighted by Crippen LogP contribution is -2.37. The highest BCUT2D eigenvalue weighted by molar-refractivity contribution is 4.93. The van der Waals surface area contributed by atoms with E-state index in [0.29, 0.717) is 6.61 Å². The average molecular weight is 468 g/mol. The SMILES string of the molecule is CCCCCCCCCCCCC/C=C/C(O)C(N)COCCCCCCCCCCCC. The summed E-state index contributed by atoms with van der Waals surface area (Å²) in [5.74, 6) is 0. The predicted molar refractivity (Wildman–Crippen MR) is 147 cm³/mol. The third kappa shape index (κ3) is 26.1. The van der Waals surface area contributed by atoms with Crippen LogP contribution in [0.1, 0.15) is 155 Å². The first-order valence-corrected chi connectivity index (χ1v) is 14.9. The number of aliphatic hydroxyl groups is 1. The van der Waals surface area contributed by atoms with Crippen LogP contribution >= 0.6 is 0 Å². The van der Waals surface area contributed by atoms with E-state index in [0.717, 1.165) is 19.4 Å². The normalized spacial score (nSPS) is 13.7. The van der Waals surface area contributed by atoms with Crippen molar-refractivity contribution in [3.63, 3.8) is 0 Å². The fraction of sp³-hybridized carbons (Fsp3) is 0.933. The summed E-state index contributed by atoms with van der Waals surface area (Å²) in [5, 5.41) is 10.2. The zero-order valence-electron chi connectivity index (χ0n) is 22.7. The maximum absolute atomic E-state index is 10.2. The van der Waals surface area contributed by atoms with E-state index in [1.807, 2.05) is 6.08 Å². The second kappa shape index (κ2) is 27.9. The first-order chi connectivity index (χ1) is 16.2. The number of aliphatic hydroxyl groups excluding tert-OH is 1. The van der Waals surface area contributed by atoms with Crippen molar-refractivity contribution in [2.45, 2.75) is 167 Å². The second-order valence-electron chi connectivity index (χ2n) is 10.2. The van der Waals surface area contributed by atoms with E-state index in [2.05, 4.69) is 19.9 Å². The number of rotatable bonds is 27. The minimum Gasteiger partial charge on any atom is -0.387 e. The van der Waals surface area contributed by atoms with Gasteiger partial charge < -0.3 is 15.6 Å². The molecule has 0 spiro atoms. The van der Waals surface area contributed by atoms with Crippen LogP contribution in [0.3, 0.4) is 0 Å². The first-order valence-electron chi connectivity index (χ1n) is 14.9. The molecular weight excluding hydrogens is 406 g/mol. The van der Waals surface area contributed by atoms with Crippen molar-refractivity contribution in [1.82, 2.24) is 0 Å². The van der Waals surface area contributed by atoms with Crippen LogP contribution in [0.5, 0.6) is 0 Å². The lowest BCUT2D eigenvalue weighted by atomic mass is 10.0. The average Bonchev–Trinajstić information content (AvgIpc) is 2.82. The first kappa shape index (κ1) is 32.6. The predicted octanol–water partition coefficient (Wildman–Crippen LogP) is 8.87. The maximum atomic E-state index is 10.2. The summed E-state index contributed by atoms with van der Waals surface area (Å²) < 4.78 is 5.69. The van der Waals surface area contributed by atoms with Crippen LogP contribution in [0.4, 0.5) is 0 Å². The number of ether oxygens (including phenoxy) is 1. The molecule has 3 heteroatoms. The molecular formula is C30H61NO2. The Kier molecular flexibility index (Phi) is 27.5. The molecule has 0 aliphatic heterocycles. The van der Waals surface area contributed by atoms with E-state index in [1.165, 1.54) is 128 Å². The molecule has 3 nitrogen and oxygen atoms in total. The van der Waals surface area contributed by atoms with Gasteiger partial charge in [-0.05, 0) is 19.3 Å². The molecule has 0 rings (SSSR count). The molecule has 0 aromatic rings. The van der Waals surface area contributed by atoms with Gasteiger partial charge in [0.1, 0.15) is 0 Å². The Hall–Kier alpha value is -0.380. The molecule has 0 aliphatic carbocycles. The number of hydrogen-bond acceptors (Lipinski definition) is 3. The van der Waals surface area contributed by atoms with E-state index in [4.69, 9.17) is 10.5 Å². The number of hydrogen-bond donors (Lipinski definition) is 2. The van der Waals surface area contributed by atoms with Gasteiger partial charge >= 0.3 is 0 Å². The highest BCUT2D eigenvalue weighted by Crippen LogP contribution is 2.13. The van der Waals surface area contributed by atoms with E-state index >= 15 is 0 Å². The summed E-state index contributed by atoms with van der Waals surface area (Å²) in [7, 11) is 0. The highest BCUT2D eigenvalue weighted by atomic mass is 16.5. The van der Waals surface area contributed by atoms with E-state index < -0.39 is 6.10 Å². The molecule has 0 amide bonds. The smallest absolute Gasteiger partial charge is 0.0894 e. The number of unbranched alkanes of at least 4 members (excludes halogenated alkanes) is 20. The fourth-order valence-electron chi connectivity index (χ4n) is 4.31. The van der Waals surface area contributed by atoms with Crippen molar-refractivity contribution in [1.29, 1.82) is 0 Å². The molecule has 0 aliphatic rings. The highest BCUT2D eigenvalue weighted by Gasteiger charge is 2.11. The van der Waals surface area contributed by atoms with Gasteiger partial charge in [-0.25, -0.2) is 0 Å². The van der Waals surface area contributed by atoms with Gasteiger partial charge in [-0.1, -0.05) is 148 Å². The molecule has 0 radical (unpaired) electrons. The minimum absolute atomic E-state index is 0.318. The quantitative estimate of drug-likeness (QED) is 0.0936. The minimum atomic E-state index is -0.592.